The van der Waals surface area contributed by atoms with Crippen LogP contribution in [0.2, 0.25) is 0 Å². The van der Waals surface area contributed by atoms with E-state index in [9.17, 15) is 9.13 Å². The van der Waals surface area contributed by atoms with Crippen LogP contribution in [-0.4, -0.2) is 12.3 Å². The van der Waals surface area contributed by atoms with Crippen LogP contribution in [0.1, 0.15) is 39.5 Å². The molecule has 164 valence electrons. The van der Waals surface area contributed by atoms with E-state index in [0.29, 0.717) is 28.7 Å². The Hall–Kier alpha value is -2.08. The van der Waals surface area contributed by atoms with Crippen LogP contribution >= 0.6 is 14.5 Å². The van der Waals surface area contributed by atoms with E-state index >= 15 is 0 Å². The Balaban J connectivity index is 2.00. The number of rotatable bonds is 11. The maximum absolute atomic E-state index is 14.2. The van der Waals surface area contributed by atoms with Crippen molar-refractivity contribution in [3.63, 3.8) is 0 Å². The molecule has 0 fully saturated rings. The molecule has 0 saturated heterocycles. The molecule has 0 saturated carbocycles. The maximum Gasteiger partial charge on any atom is 0.306 e. The Morgan fingerprint density at radius 3 is 1.61 bits per heavy atom. The van der Waals surface area contributed by atoms with Crippen LogP contribution in [0.4, 0.5) is 0 Å². The molecule has 3 rings (SSSR count). The van der Waals surface area contributed by atoms with Gasteiger partial charge in [0.1, 0.15) is 12.9 Å². The highest BCUT2D eigenvalue weighted by Gasteiger charge is 2.31. The summed E-state index contributed by atoms with van der Waals surface area (Å²) in [5.74, 6) is 0.502. The van der Waals surface area contributed by atoms with Gasteiger partial charge in [-0.25, -0.2) is 0 Å². The van der Waals surface area contributed by atoms with Gasteiger partial charge in [-0.15, -0.1) is 0 Å². The van der Waals surface area contributed by atoms with E-state index < -0.39 is 14.5 Å². The summed E-state index contributed by atoms with van der Waals surface area (Å²) in [5, 5.41) is 2.12. The van der Waals surface area contributed by atoms with Crippen molar-refractivity contribution in [1.82, 2.24) is 0 Å². The highest BCUT2D eigenvalue weighted by Crippen LogP contribution is 2.49. The van der Waals surface area contributed by atoms with Crippen molar-refractivity contribution in [2.45, 2.75) is 39.5 Å². The molecule has 0 aliphatic carbocycles. The lowest BCUT2D eigenvalue weighted by atomic mass is 10.3. The smallest absolute Gasteiger partial charge is 0.306 e. The first-order valence-corrected chi connectivity index (χ1v) is 14.8. The molecule has 0 amide bonds. The summed E-state index contributed by atoms with van der Waals surface area (Å²) in [6.07, 6.45) is 5.34. The summed E-state index contributed by atoms with van der Waals surface area (Å²) in [6.45, 7) is 4.25. The molecular weight excluding hydrogens is 422 g/mol. The maximum atomic E-state index is 14.2. The lowest BCUT2D eigenvalue weighted by Gasteiger charge is -2.22. The predicted octanol–water partition coefficient (Wildman–Crippen LogP) is 6.58. The number of hydrogen-bond donors (Lipinski definition) is 0. The fourth-order valence-corrected chi connectivity index (χ4v) is 8.81. The second kappa shape index (κ2) is 11.0. The molecule has 0 unspecified atom stereocenters. The van der Waals surface area contributed by atoms with E-state index in [2.05, 4.69) is 13.8 Å². The molecule has 0 aliphatic heterocycles. The summed E-state index contributed by atoms with van der Waals surface area (Å²) in [4.78, 5) is 0. The van der Waals surface area contributed by atoms with E-state index in [4.69, 9.17) is 4.52 Å². The number of benzene rings is 3. The van der Waals surface area contributed by atoms with Gasteiger partial charge in [0.15, 0.2) is 0 Å². The largest absolute Gasteiger partial charge is 0.437 e. The van der Waals surface area contributed by atoms with Crippen LogP contribution in [0.15, 0.2) is 84.9 Å². The third-order valence-electron chi connectivity index (χ3n) is 5.46. The Morgan fingerprint density at radius 2 is 1.13 bits per heavy atom. The van der Waals surface area contributed by atoms with Gasteiger partial charge in [-0.2, -0.15) is 0 Å². The minimum atomic E-state index is -3.35. The Bertz CT molecular complexity index is 993. The third-order valence-corrected chi connectivity index (χ3v) is 11.2. The predicted molar refractivity (Wildman–Crippen MR) is 134 cm³/mol. The summed E-state index contributed by atoms with van der Waals surface area (Å²) in [5.41, 5.74) is 0. The van der Waals surface area contributed by atoms with Gasteiger partial charge in [-0.3, -0.25) is 4.57 Å². The topological polar surface area (TPSA) is 43.4 Å². The molecule has 0 radical (unpaired) electrons. The molecule has 5 heteroatoms. The second-order valence-electron chi connectivity index (χ2n) is 7.85. The molecular formula is C26H32O3P2. The van der Waals surface area contributed by atoms with Crippen molar-refractivity contribution in [3.8, 4) is 5.75 Å². The normalized spacial score (nSPS) is 11.9. The summed E-state index contributed by atoms with van der Waals surface area (Å²) < 4.78 is 34.3. The molecule has 0 spiro atoms. The van der Waals surface area contributed by atoms with Gasteiger partial charge in [-0.1, -0.05) is 75.2 Å². The van der Waals surface area contributed by atoms with Crippen molar-refractivity contribution in [2.24, 2.45) is 0 Å². The summed E-state index contributed by atoms with van der Waals surface area (Å²) in [6, 6.07) is 26.1. The highest BCUT2D eigenvalue weighted by molar-refractivity contribution is 7.74. The number of unbranched alkanes of at least 4 members (excludes halogenated alkanes) is 2. The Kier molecular flexibility index (Phi) is 8.35. The molecule has 0 atom stereocenters. The van der Waals surface area contributed by atoms with Crippen LogP contribution < -0.4 is 20.4 Å². The molecule has 0 aliphatic rings. The molecule has 3 aromatic rings. The van der Waals surface area contributed by atoms with Crippen LogP contribution in [0.3, 0.4) is 0 Å². The van der Waals surface area contributed by atoms with E-state index in [0.717, 1.165) is 31.0 Å². The third kappa shape index (κ3) is 5.79. The molecule has 3 nitrogen and oxygen atoms in total. The van der Waals surface area contributed by atoms with Gasteiger partial charge in [0.05, 0.1) is 10.6 Å². The first-order valence-electron chi connectivity index (χ1n) is 11.1. The molecule has 3 aromatic carbocycles. The average Bonchev–Trinajstić information content (AvgIpc) is 2.82. The van der Waals surface area contributed by atoms with Gasteiger partial charge in [0.2, 0.25) is 0 Å². The monoisotopic (exact) mass is 454 g/mol. The summed E-state index contributed by atoms with van der Waals surface area (Å²) in [7, 11) is -5.86. The van der Waals surface area contributed by atoms with E-state index in [-0.39, 0.29) is 0 Å². The first-order chi connectivity index (χ1) is 15.0. The van der Waals surface area contributed by atoms with E-state index in [1.165, 1.54) is 0 Å². The van der Waals surface area contributed by atoms with Gasteiger partial charge in [0.25, 0.3) is 0 Å². The van der Waals surface area contributed by atoms with Crippen molar-refractivity contribution < 1.29 is 13.7 Å². The quantitative estimate of drug-likeness (QED) is 0.307. The summed E-state index contributed by atoms with van der Waals surface area (Å²) >= 11 is 0. The van der Waals surface area contributed by atoms with Crippen LogP contribution in [-0.2, 0) is 9.13 Å². The zero-order chi connectivity index (χ0) is 22.2. The second-order valence-corrected chi connectivity index (χ2v) is 13.4. The van der Waals surface area contributed by atoms with Gasteiger partial charge < -0.3 is 9.09 Å². The van der Waals surface area contributed by atoms with E-state index in [1.807, 2.05) is 84.9 Å². The molecule has 0 aromatic heterocycles. The highest BCUT2D eigenvalue weighted by atomic mass is 31.2. The van der Waals surface area contributed by atoms with Gasteiger partial charge >= 0.3 is 7.37 Å². The van der Waals surface area contributed by atoms with Gasteiger partial charge in [-0.05, 0) is 49.2 Å². The van der Waals surface area contributed by atoms with Crippen LogP contribution in [0.5, 0.6) is 5.75 Å². The van der Waals surface area contributed by atoms with Crippen molar-refractivity contribution in [1.29, 1.82) is 0 Å². The average molecular weight is 454 g/mol. The SMILES string of the molecule is CCCCP(=O)(CCCC)c1cccc(OP(=O)(c2ccccc2)c2ccccc2)c1. The number of hydrogen-bond acceptors (Lipinski definition) is 3. The molecule has 31 heavy (non-hydrogen) atoms. The lowest BCUT2D eigenvalue weighted by Crippen LogP contribution is -2.20. The minimum absolute atomic E-state index is 0.502. The first kappa shape index (κ1) is 23.6. The fraction of sp³-hybridized carbons (Fsp3) is 0.308. The molecule has 0 heterocycles. The Morgan fingerprint density at radius 1 is 0.645 bits per heavy atom. The Labute approximate surface area is 186 Å². The van der Waals surface area contributed by atoms with Gasteiger partial charge in [0, 0.05) is 17.6 Å². The molecule has 0 N–H and O–H groups in total. The lowest BCUT2D eigenvalue weighted by molar-refractivity contribution is 0.503. The van der Waals surface area contributed by atoms with Crippen LogP contribution in [0.25, 0.3) is 0 Å². The fourth-order valence-electron chi connectivity index (χ4n) is 3.64. The van der Waals surface area contributed by atoms with E-state index in [1.54, 1.807) is 0 Å². The molecule has 0 bridgehead atoms. The van der Waals surface area contributed by atoms with Crippen molar-refractivity contribution >= 4 is 30.4 Å². The van der Waals surface area contributed by atoms with Crippen molar-refractivity contribution in [2.75, 3.05) is 12.3 Å². The van der Waals surface area contributed by atoms with Crippen LogP contribution in [0, 0.1) is 0 Å². The zero-order valence-electron chi connectivity index (χ0n) is 18.4. The zero-order valence-corrected chi connectivity index (χ0v) is 20.2. The van der Waals surface area contributed by atoms with Crippen molar-refractivity contribution in [3.05, 3.63) is 84.9 Å². The standard InChI is InChI=1S/C26H32O3P2/c1-3-5-20-30(27,21-6-4-2)26-19-13-14-23(22-26)29-31(28,24-15-9-7-10-16-24)25-17-11-8-12-18-25/h7-19,22H,3-6,20-21H2,1-2H3. The minimum Gasteiger partial charge on any atom is -0.437 e.